The lowest BCUT2D eigenvalue weighted by Gasteiger charge is -2.05. The molecule has 2 N–H and O–H groups in total. The van der Waals surface area contributed by atoms with Gasteiger partial charge < -0.3 is 15.2 Å². The Hall–Kier alpha value is -2.28. The molecular weight excluding hydrogens is 407 g/mol. The molecule has 0 radical (unpaired) electrons. The van der Waals surface area contributed by atoms with E-state index in [1.807, 2.05) is 31.2 Å². The van der Waals surface area contributed by atoms with Gasteiger partial charge in [0.2, 0.25) is 0 Å². The summed E-state index contributed by atoms with van der Waals surface area (Å²) >= 11 is 13.3. The molecule has 2 aromatic carbocycles. The van der Waals surface area contributed by atoms with E-state index in [2.05, 4.69) is 10.3 Å². The number of thiazole rings is 1. The Morgan fingerprint density at radius 1 is 1.19 bits per heavy atom. The average molecular weight is 423 g/mol. The second-order valence-corrected chi connectivity index (χ2v) is 7.47. The summed E-state index contributed by atoms with van der Waals surface area (Å²) < 4.78 is 5.45. The Balaban J connectivity index is 1.92. The predicted molar refractivity (Wildman–Crippen MR) is 110 cm³/mol. The summed E-state index contributed by atoms with van der Waals surface area (Å²) in [5, 5.41) is 13.8. The summed E-state index contributed by atoms with van der Waals surface area (Å²) in [6.45, 7) is 2.50. The number of hydrogen-bond acceptors (Lipinski definition) is 5. The maximum atomic E-state index is 11.2. The van der Waals surface area contributed by atoms with E-state index in [9.17, 15) is 9.90 Å². The molecule has 0 unspecified atom stereocenters. The highest BCUT2D eigenvalue weighted by Gasteiger charge is 2.16. The van der Waals surface area contributed by atoms with Crippen LogP contribution in [0.15, 0.2) is 42.5 Å². The fourth-order valence-electron chi connectivity index (χ4n) is 2.46. The van der Waals surface area contributed by atoms with Gasteiger partial charge in [0, 0.05) is 16.1 Å². The van der Waals surface area contributed by atoms with Crippen LogP contribution in [0.3, 0.4) is 0 Å². The highest BCUT2D eigenvalue weighted by atomic mass is 35.5. The molecule has 8 heteroatoms. The second kappa shape index (κ2) is 8.61. The molecule has 3 rings (SSSR count). The lowest BCUT2D eigenvalue weighted by atomic mass is 10.1. The number of ether oxygens (including phenoxy) is 1. The number of carboxylic acid groups (broad SMARTS) is 1. The first kappa shape index (κ1) is 19.5. The van der Waals surface area contributed by atoms with Crippen LogP contribution in [0.1, 0.15) is 11.8 Å². The van der Waals surface area contributed by atoms with Crippen molar-refractivity contribution in [1.82, 2.24) is 4.98 Å². The number of aromatic nitrogens is 1. The molecule has 0 saturated heterocycles. The second-order valence-electron chi connectivity index (χ2n) is 5.57. The monoisotopic (exact) mass is 422 g/mol. The molecule has 1 aromatic heterocycles. The van der Waals surface area contributed by atoms with Gasteiger partial charge in [0.1, 0.15) is 5.75 Å². The molecule has 0 saturated carbocycles. The summed E-state index contributed by atoms with van der Waals surface area (Å²) in [6, 6.07) is 12.6. The number of benzene rings is 2. The number of carbonyl (C=O) groups is 1. The van der Waals surface area contributed by atoms with E-state index in [-0.39, 0.29) is 6.42 Å². The zero-order chi connectivity index (χ0) is 19.4. The molecule has 1 heterocycles. The SMILES string of the molecule is CCOc1ccc(-c2nc(Nc3ccc(Cl)c(Cl)c3)sc2CC(=O)O)cc1. The van der Waals surface area contributed by atoms with Crippen molar-refractivity contribution < 1.29 is 14.6 Å². The Labute approximate surface area is 170 Å². The normalized spacial score (nSPS) is 10.6. The number of nitrogens with zero attached hydrogens (tertiary/aromatic N) is 1. The van der Waals surface area contributed by atoms with E-state index < -0.39 is 5.97 Å². The lowest BCUT2D eigenvalue weighted by molar-refractivity contribution is -0.136. The average Bonchev–Trinajstić information content (AvgIpc) is 3.00. The zero-order valence-corrected chi connectivity index (χ0v) is 16.7. The van der Waals surface area contributed by atoms with Crippen molar-refractivity contribution in [3.8, 4) is 17.0 Å². The number of anilines is 2. The molecule has 5 nitrogen and oxygen atoms in total. The quantitative estimate of drug-likeness (QED) is 0.496. The van der Waals surface area contributed by atoms with Gasteiger partial charge in [-0.1, -0.05) is 23.2 Å². The maximum Gasteiger partial charge on any atom is 0.308 e. The van der Waals surface area contributed by atoms with Crippen molar-refractivity contribution in [2.45, 2.75) is 13.3 Å². The topological polar surface area (TPSA) is 71.5 Å². The van der Waals surface area contributed by atoms with E-state index >= 15 is 0 Å². The van der Waals surface area contributed by atoms with Gasteiger partial charge in [0.25, 0.3) is 0 Å². The standard InChI is InChI=1S/C19H16Cl2N2O3S/c1-2-26-13-6-3-11(4-7-13)18-16(10-17(24)25)27-19(23-18)22-12-5-8-14(20)15(21)9-12/h3-9H,2,10H2,1H3,(H,22,23)(H,24,25). The van der Waals surface area contributed by atoms with Gasteiger partial charge in [-0.2, -0.15) is 0 Å². The van der Waals surface area contributed by atoms with Crippen LogP contribution in [0, 0.1) is 0 Å². The molecule has 0 aliphatic heterocycles. The third kappa shape index (κ3) is 4.91. The molecular formula is C19H16Cl2N2O3S. The molecule has 0 bridgehead atoms. The summed E-state index contributed by atoms with van der Waals surface area (Å²) in [6.07, 6.45) is -0.108. The molecule has 0 aliphatic rings. The van der Waals surface area contributed by atoms with Crippen molar-refractivity contribution in [3.63, 3.8) is 0 Å². The predicted octanol–water partition coefficient (Wildman–Crippen LogP) is 5.89. The van der Waals surface area contributed by atoms with Crippen LogP contribution in [0.25, 0.3) is 11.3 Å². The zero-order valence-electron chi connectivity index (χ0n) is 14.3. The lowest BCUT2D eigenvalue weighted by Crippen LogP contribution is -1.99. The molecule has 0 amide bonds. The van der Waals surface area contributed by atoms with Gasteiger partial charge in [0.15, 0.2) is 5.13 Å². The number of hydrogen-bond donors (Lipinski definition) is 2. The van der Waals surface area contributed by atoms with Gasteiger partial charge in [-0.05, 0) is 49.4 Å². The maximum absolute atomic E-state index is 11.2. The first-order chi connectivity index (χ1) is 13.0. The van der Waals surface area contributed by atoms with Crippen LogP contribution < -0.4 is 10.1 Å². The smallest absolute Gasteiger partial charge is 0.308 e. The van der Waals surface area contributed by atoms with Crippen LogP contribution >= 0.6 is 34.5 Å². The van der Waals surface area contributed by atoms with Crippen molar-refractivity contribution >= 4 is 51.3 Å². The summed E-state index contributed by atoms with van der Waals surface area (Å²) in [4.78, 5) is 16.5. The van der Waals surface area contributed by atoms with E-state index in [0.29, 0.717) is 32.4 Å². The number of aliphatic carboxylic acids is 1. The molecule has 3 aromatic rings. The Bertz CT molecular complexity index is 958. The van der Waals surface area contributed by atoms with Gasteiger partial charge in [-0.3, -0.25) is 4.79 Å². The minimum atomic E-state index is -0.910. The Kier molecular flexibility index (Phi) is 6.21. The molecule has 27 heavy (non-hydrogen) atoms. The highest BCUT2D eigenvalue weighted by Crippen LogP contribution is 2.35. The third-order valence-corrected chi connectivity index (χ3v) is 5.33. The van der Waals surface area contributed by atoms with Gasteiger partial charge in [0.05, 0.1) is 28.8 Å². The van der Waals surface area contributed by atoms with Crippen molar-refractivity contribution in [2.24, 2.45) is 0 Å². The fraction of sp³-hybridized carbons (Fsp3) is 0.158. The first-order valence-electron chi connectivity index (χ1n) is 8.13. The molecule has 0 aliphatic carbocycles. The number of carboxylic acids is 1. The summed E-state index contributed by atoms with van der Waals surface area (Å²) in [5.41, 5.74) is 2.18. The minimum absolute atomic E-state index is 0.108. The highest BCUT2D eigenvalue weighted by molar-refractivity contribution is 7.16. The van der Waals surface area contributed by atoms with E-state index in [1.165, 1.54) is 11.3 Å². The Morgan fingerprint density at radius 3 is 2.56 bits per heavy atom. The summed E-state index contributed by atoms with van der Waals surface area (Å²) in [5.74, 6) is -0.155. The number of halogens is 2. The molecule has 0 spiro atoms. The third-order valence-electron chi connectivity index (χ3n) is 3.62. The van der Waals surface area contributed by atoms with Gasteiger partial charge in [-0.15, -0.1) is 11.3 Å². The van der Waals surface area contributed by atoms with Gasteiger partial charge in [-0.25, -0.2) is 4.98 Å². The molecule has 0 atom stereocenters. The van der Waals surface area contributed by atoms with E-state index in [1.54, 1.807) is 18.2 Å². The van der Waals surface area contributed by atoms with Crippen LogP contribution in [-0.2, 0) is 11.2 Å². The largest absolute Gasteiger partial charge is 0.494 e. The number of rotatable bonds is 7. The van der Waals surface area contributed by atoms with Gasteiger partial charge >= 0.3 is 5.97 Å². The van der Waals surface area contributed by atoms with Crippen molar-refractivity contribution in [3.05, 3.63) is 57.4 Å². The minimum Gasteiger partial charge on any atom is -0.494 e. The number of nitrogens with one attached hydrogen (secondary N) is 1. The van der Waals surface area contributed by atoms with E-state index in [0.717, 1.165) is 17.0 Å². The Morgan fingerprint density at radius 2 is 1.93 bits per heavy atom. The molecule has 140 valence electrons. The summed E-state index contributed by atoms with van der Waals surface area (Å²) in [7, 11) is 0. The van der Waals surface area contributed by atoms with Crippen molar-refractivity contribution in [1.29, 1.82) is 0 Å². The molecule has 0 fully saturated rings. The first-order valence-corrected chi connectivity index (χ1v) is 9.70. The van der Waals surface area contributed by atoms with Crippen LogP contribution in [0.5, 0.6) is 5.75 Å². The van der Waals surface area contributed by atoms with Crippen LogP contribution in [0.2, 0.25) is 10.0 Å². The van der Waals surface area contributed by atoms with Crippen LogP contribution in [-0.4, -0.2) is 22.7 Å². The van der Waals surface area contributed by atoms with Crippen LogP contribution in [0.4, 0.5) is 10.8 Å². The van der Waals surface area contributed by atoms with E-state index in [4.69, 9.17) is 27.9 Å². The van der Waals surface area contributed by atoms with Crippen molar-refractivity contribution in [2.75, 3.05) is 11.9 Å². The fourth-order valence-corrected chi connectivity index (χ4v) is 3.75.